The Morgan fingerprint density at radius 2 is 1.86 bits per heavy atom. The second kappa shape index (κ2) is 7.33. The number of piperidine rings is 1. The van der Waals surface area contributed by atoms with Crippen LogP contribution in [0.25, 0.3) is 0 Å². The Balaban J connectivity index is 1.50. The van der Waals surface area contributed by atoms with E-state index in [9.17, 15) is 9.59 Å². The Kier molecular flexibility index (Phi) is 5.02. The maximum atomic E-state index is 12.7. The van der Waals surface area contributed by atoms with Gasteiger partial charge in [0, 0.05) is 48.2 Å². The number of nitrogens with one attached hydrogen (secondary N) is 1. The number of H-pyrrole nitrogens is 1. The van der Waals surface area contributed by atoms with E-state index in [1.54, 1.807) is 0 Å². The number of halogens is 1. The number of hydrogen-bond donors (Lipinski definition) is 1. The van der Waals surface area contributed by atoms with Crippen LogP contribution < -0.4 is 5.56 Å². The van der Waals surface area contributed by atoms with E-state index in [1.807, 2.05) is 17.0 Å². The van der Waals surface area contributed by atoms with Gasteiger partial charge in [-0.1, -0.05) is 23.7 Å². The third-order valence-electron chi connectivity index (χ3n) is 6.20. The molecule has 0 aliphatic carbocycles. The second-order valence-corrected chi connectivity index (χ2v) is 8.62. The van der Waals surface area contributed by atoms with E-state index in [0.717, 1.165) is 24.4 Å². The highest BCUT2D eigenvalue weighted by Crippen LogP contribution is 2.55. The van der Waals surface area contributed by atoms with Crippen LogP contribution in [0.2, 0.25) is 5.02 Å². The molecule has 2 saturated heterocycles. The highest BCUT2D eigenvalue weighted by Gasteiger charge is 2.54. The molecule has 2 fully saturated rings. The number of carbonyl (C=O) groups excluding carboxylic acids is 1. The standard InChI is InChI=1S/C21H25ClN4O2/c1-14(2)26-13-21(19(26)15-3-5-16(22)6-4-15)9-11-25(12-10-21)20(28)17-7-8-18(27)24-23-17/h3-8,14,19H,9-13H2,1-2H3,(H,24,27). The summed E-state index contributed by atoms with van der Waals surface area (Å²) < 4.78 is 0. The lowest BCUT2D eigenvalue weighted by Gasteiger charge is -2.62. The van der Waals surface area contributed by atoms with E-state index in [2.05, 4.69) is 41.1 Å². The van der Waals surface area contributed by atoms with Crippen LogP contribution in [0.15, 0.2) is 41.2 Å². The molecule has 6 nitrogen and oxygen atoms in total. The van der Waals surface area contributed by atoms with Gasteiger partial charge in [-0.05, 0) is 50.5 Å². The molecule has 7 heteroatoms. The Hall–Kier alpha value is -2.18. The van der Waals surface area contributed by atoms with E-state index in [0.29, 0.717) is 30.9 Å². The zero-order chi connectivity index (χ0) is 19.9. The fourth-order valence-electron chi connectivity index (χ4n) is 4.66. The van der Waals surface area contributed by atoms with Crippen molar-refractivity contribution in [2.45, 2.75) is 38.8 Å². The maximum Gasteiger partial charge on any atom is 0.274 e. The first-order valence-corrected chi connectivity index (χ1v) is 10.1. The van der Waals surface area contributed by atoms with Crippen molar-refractivity contribution in [2.75, 3.05) is 19.6 Å². The van der Waals surface area contributed by atoms with Crippen LogP contribution in [-0.2, 0) is 0 Å². The molecule has 1 amide bonds. The van der Waals surface area contributed by atoms with Crippen molar-refractivity contribution in [1.29, 1.82) is 0 Å². The van der Waals surface area contributed by atoms with E-state index < -0.39 is 0 Å². The Morgan fingerprint density at radius 1 is 1.18 bits per heavy atom. The van der Waals surface area contributed by atoms with Gasteiger partial charge in [0.05, 0.1) is 0 Å². The average Bonchev–Trinajstić information content (AvgIpc) is 2.68. The van der Waals surface area contributed by atoms with Crippen LogP contribution in [0.5, 0.6) is 0 Å². The van der Waals surface area contributed by atoms with Crippen molar-refractivity contribution in [3.63, 3.8) is 0 Å². The molecule has 1 N–H and O–H groups in total. The number of amides is 1. The summed E-state index contributed by atoms with van der Waals surface area (Å²) in [6.07, 6.45) is 1.91. The predicted molar refractivity (Wildman–Crippen MR) is 108 cm³/mol. The zero-order valence-electron chi connectivity index (χ0n) is 16.2. The molecule has 148 valence electrons. The van der Waals surface area contributed by atoms with Crippen LogP contribution in [-0.4, -0.2) is 51.6 Å². The second-order valence-electron chi connectivity index (χ2n) is 8.18. The fraction of sp³-hybridized carbons (Fsp3) is 0.476. The first kappa shape index (κ1) is 19.2. The van der Waals surface area contributed by atoms with E-state index in [1.165, 1.54) is 17.7 Å². The minimum absolute atomic E-state index is 0.116. The largest absolute Gasteiger partial charge is 0.337 e. The van der Waals surface area contributed by atoms with Gasteiger partial charge in [-0.25, -0.2) is 5.10 Å². The SMILES string of the molecule is CC(C)N1CC2(CCN(C(=O)c3ccc(=O)[nH]n3)CC2)C1c1ccc(Cl)cc1. The molecule has 3 heterocycles. The minimum Gasteiger partial charge on any atom is -0.337 e. The van der Waals surface area contributed by atoms with Crippen molar-refractivity contribution in [2.24, 2.45) is 5.41 Å². The summed E-state index contributed by atoms with van der Waals surface area (Å²) in [7, 11) is 0. The normalized spacial score (nSPS) is 21.7. The molecule has 0 bridgehead atoms. The van der Waals surface area contributed by atoms with Gasteiger partial charge in [0.2, 0.25) is 0 Å². The third-order valence-corrected chi connectivity index (χ3v) is 6.45. The maximum absolute atomic E-state index is 12.7. The molecule has 4 rings (SSSR count). The lowest BCUT2D eigenvalue weighted by molar-refractivity contribution is -0.124. The number of aromatic nitrogens is 2. The molecule has 0 saturated carbocycles. The van der Waals surface area contributed by atoms with Crippen molar-refractivity contribution in [3.05, 3.63) is 63.0 Å². The van der Waals surface area contributed by atoms with Crippen LogP contribution in [0.1, 0.15) is 48.8 Å². The summed E-state index contributed by atoms with van der Waals surface area (Å²) >= 11 is 6.09. The molecular weight excluding hydrogens is 376 g/mol. The number of carbonyl (C=O) groups is 1. The summed E-state index contributed by atoms with van der Waals surface area (Å²) in [5, 5.41) is 6.97. The highest BCUT2D eigenvalue weighted by atomic mass is 35.5. The molecule has 2 aliphatic rings. The van der Waals surface area contributed by atoms with E-state index in [4.69, 9.17) is 11.6 Å². The van der Waals surface area contributed by atoms with Gasteiger partial charge in [-0.2, -0.15) is 5.10 Å². The van der Waals surface area contributed by atoms with Crippen molar-refractivity contribution < 1.29 is 4.79 Å². The van der Waals surface area contributed by atoms with Gasteiger partial charge in [0.15, 0.2) is 0 Å². The van der Waals surface area contributed by atoms with Crippen LogP contribution in [0.3, 0.4) is 0 Å². The zero-order valence-corrected chi connectivity index (χ0v) is 16.9. The monoisotopic (exact) mass is 400 g/mol. The summed E-state index contributed by atoms with van der Waals surface area (Å²) in [5.41, 5.74) is 1.48. The number of likely N-dealkylation sites (tertiary alicyclic amines) is 2. The summed E-state index contributed by atoms with van der Waals surface area (Å²) in [6.45, 7) is 6.93. The van der Waals surface area contributed by atoms with E-state index >= 15 is 0 Å². The highest BCUT2D eigenvalue weighted by molar-refractivity contribution is 6.30. The minimum atomic E-state index is -0.303. The Morgan fingerprint density at radius 3 is 2.43 bits per heavy atom. The first-order chi connectivity index (χ1) is 13.4. The molecule has 1 spiro atoms. The topological polar surface area (TPSA) is 69.3 Å². The van der Waals surface area contributed by atoms with Gasteiger partial charge in [0.1, 0.15) is 5.69 Å². The van der Waals surface area contributed by atoms with Crippen LogP contribution >= 0.6 is 11.6 Å². The third kappa shape index (κ3) is 3.35. The quantitative estimate of drug-likeness (QED) is 0.859. The summed E-state index contributed by atoms with van der Waals surface area (Å²) in [4.78, 5) is 28.3. The fourth-order valence-corrected chi connectivity index (χ4v) is 4.79. The van der Waals surface area contributed by atoms with Crippen molar-refractivity contribution >= 4 is 17.5 Å². The van der Waals surface area contributed by atoms with Crippen molar-refractivity contribution in [3.8, 4) is 0 Å². The smallest absolute Gasteiger partial charge is 0.274 e. The number of hydrogen-bond acceptors (Lipinski definition) is 4. The number of rotatable bonds is 3. The number of benzene rings is 1. The summed E-state index contributed by atoms with van der Waals surface area (Å²) in [6, 6.07) is 11.8. The lowest BCUT2D eigenvalue weighted by Crippen LogP contribution is -2.64. The summed E-state index contributed by atoms with van der Waals surface area (Å²) in [5.74, 6) is -0.116. The molecule has 2 aromatic rings. The molecule has 2 aliphatic heterocycles. The lowest BCUT2D eigenvalue weighted by atomic mass is 9.62. The Bertz CT molecular complexity index is 896. The predicted octanol–water partition coefficient (Wildman–Crippen LogP) is 3.11. The Labute approximate surface area is 169 Å². The molecule has 1 unspecified atom stereocenters. The van der Waals surface area contributed by atoms with Crippen LogP contribution in [0.4, 0.5) is 0 Å². The molecule has 1 aromatic heterocycles. The molecule has 1 atom stereocenters. The van der Waals surface area contributed by atoms with E-state index in [-0.39, 0.29) is 16.9 Å². The average molecular weight is 401 g/mol. The van der Waals surface area contributed by atoms with Gasteiger partial charge in [0.25, 0.3) is 11.5 Å². The van der Waals surface area contributed by atoms with Gasteiger partial charge in [-0.15, -0.1) is 0 Å². The number of aromatic amines is 1. The van der Waals surface area contributed by atoms with Gasteiger partial charge >= 0.3 is 0 Å². The van der Waals surface area contributed by atoms with Gasteiger partial charge < -0.3 is 4.90 Å². The number of nitrogens with zero attached hydrogens (tertiary/aromatic N) is 3. The van der Waals surface area contributed by atoms with Crippen LogP contribution in [0, 0.1) is 5.41 Å². The molecule has 28 heavy (non-hydrogen) atoms. The first-order valence-electron chi connectivity index (χ1n) is 9.76. The molecule has 0 radical (unpaired) electrons. The van der Waals surface area contributed by atoms with Gasteiger partial charge in [-0.3, -0.25) is 14.5 Å². The molecule has 1 aromatic carbocycles. The van der Waals surface area contributed by atoms with Crippen molar-refractivity contribution in [1.82, 2.24) is 20.0 Å². The molecular formula is C21H25ClN4O2.